The predicted octanol–water partition coefficient (Wildman–Crippen LogP) is 4.11. The van der Waals surface area contributed by atoms with Crippen LogP contribution in [0.25, 0.3) is 0 Å². The van der Waals surface area contributed by atoms with Gasteiger partial charge in [-0.05, 0) is 52.3 Å². The molecule has 1 aromatic rings. The summed E-state index contributed by atoms with van der Waals surface area (Å²) in [6.07, 6.45) is -3.90. The molecule has 0 radical (unpaired) electrons. The molecule has 0 saturated carbocycles. The summed E-state index contributed by atoms with van der Waals surface area (Å²) in [6, 6.07) is 3.29. The Morgan fingerprint density at radius 2 is 1.93 bits per heavy atom. The first-order valence-corrected chi connectivity index (χ1v) is 9.55. The molecule has 1 aliphatic rings. The Kier molecular flexibility index (Phi) is 7.23. The van der Waals surface area contributed by atoms with Crippen LogP contribution in [0.15, 0.2) is 18.2 Å². The van der Waals surface area contributed by atoms with Crippen LogP contribution in [-0.2, 0) is 11.3 Å². The molecule has 10 heteroatoms. The van der Waals surface area contributed by atoms with Crippen LogP contribution in [0, 0.1) is 0 Å². The molecule has 1 aliphatic heterocycles. The fourth-order valence-electron chi connectivity index (χ4n) is 3.25. The molecule has 0 aromatic heterocycles. The Bertz CT molecular complexity index is 777. The van der Waals surface area contributed by atoms with E-state index in [0.29, 0.717) is 13.1 Å². The number of carbonyl (C=O) groups excluding carboxylic acids is 1. The van der Waals surface area contributed by atoms with Gasteiger partial charge in [0.1, 0.15) is 11.4 Å². The molecule has 7 nitrogen and oxygen atoms in total. The zero-order valence-electron chi connectivity index (χ0n) is 17.5. The summed E-state index contributed by atoms with van der Waals surface area (Å²) in [5, 5.41) is 9.05. The third-order valence-electron chi connectivity index (χ3n) is 4.64. The number of likely N-dealkylation sites (tertiary alicyclic amines) is 1. The lowest BCUT2D eigenvalue weighted by Gasteiger charge is -2.38. The second-order valence-electron chi connectivity index (χ2n) is 8.30. The minimum absolute atomic E-state index is 0.129. The smallest absolute Gasteiger partial charge is 0.478 e. The van der Waals surface area contributed by atoms with Crippen molar-refractivity contribution in [1.82, 2.24) is 9.80 Å². The van der Waals surface area contributed by atoms with Crippen LogP contribution in [-0.4, -0.2) is 65.1 Å². The fourth-order valence-corrected chi connectivity index (χ4v) is 3.25. The van der Waals surface area contributed by atoms with Crippen molar-refractivity contribution >= 4 is 12.1 Å². The summed E-state index contributed by atoms with van der Waals surface area (Å²) in [5.41, 5.74) is -0.702. The van der Waals surface area contributed by atoms with E-state index in [4.69, 9.17) is 9.84 Å². The quantitative estimate of drug-likeness (QED) is 0.754. The van der Waals surface area contributed by atoms with Crippen LogP contribution < -0.4 is 4.74 Å². The van der Waals surface area contributed by atoms with E-state index in [9.17, 15) is 22.8 Å². The summed E-state index contributed by atoms with van der Waals surface area (Å²) in [4.78, 5) is 26.8. The molecule has 0 spiro atoms. The normalized spacial score (nSPS) is 18.0. The summed E-state index contributed by atoms with van der Waals surface area (Å²) in [5.74, 6) is -1.88. The third kappa shape index (κ3) is 7.08. The van der Waals surface area contributed by atoms with Gasteiger partial charge in [0.15, 0.2) is 0 Å². The van der Waals surface area contributed by atoms with Crippen molar-refractivity contribution in [2.45, 2.75) is 58.2 Å². The molecule has 0 bridgehead atoms. The second kappa shape index (κ2) is 9.11. The topological polar surface area (TPSA) is 79.3 Å². The minimum atomic E-state index is -4.94. The number of likely N-dealkylation sites (N-methyl/N-ethyl adjacent to an activating group) is 1. The monoisotopic (exact) mass is 432 g/mol. The Morgan fingerprint density at radius 1 is 1.27 bits per heavy atom. The van der Waals surface area contributed by atoms with Crippen LogP contribution in [0.2, 0.25) is 0 Å². The van der Waals surface area contributed by atoms with E-state index in [0.717, 1.165) is 18.9 Å². The van der Waals surface area contributed by atoms with Crippen molar-refractivity contribution in [3.05, 3.63) is 29.3 Å². The van der Waals surface area contributed by atoms with Gasteiger partial charge in [-0.3, -0.25) is 4.90 Å². The van der Waals surface area contributed by atoms with E-state index < -0.39 is 29.8 Å². The van der Waals surface area contributed by atoms with Gasteiger partial charge in [0.25, 0.3) is 0 Å². The number of alkyl halides is 3. The highest BCUT2D eigenvalue weighted by molar-refractivity contribution is 5.88. The van der Waals surface area contributed by atoms with E-state index in [2.05, 4.69) is 4.74 Å². The number of carboxylic acid groups (broad SMARTS) is 1. The van der Waals surface area contributed by atoms with Gasteiger partial charge in [0.2, 0.25) is 0 Å². The zero-order chi connectivity index (χ0) is 22.7. The lowest BCUT2D eigenvalue weighted by molar-refractivity contribution is -0.275. The van der Waals surface area contributed by atoms with Gasteiger partial charge in [-0.1, -0.05) is 6.07 Å². The summed E-state index contributed by atoms with van der Waals surface area (Å²) >= 11 is 0. The molecule has 168 valence electrons. The first-order chi connectivity index (χ1) is 13.7. The maximum absolute atomic E-state index is 12.8. The zero-order valence-corrected chi connectivity index (χ0v) is 17.5. The summed E-state index contributed by atoms with van der Waals surface area (Å²) in [6.45, 7) is 6.52. The number of hydrogen-bond donors (Lipinski definition) is 1. The molecule has 1 atom stereocenters. The highest BCUT2D eigenvalue weighted by atomic mass is 19.4. The maximum Gasteiger partial charge on any atom is 0.573 e. The summed E-state index contributed by atoms with van der Waals surface area (Å²) < 4.78 is 47.8. The van der Waals surface area contributed by atoms with Crippen molar-refractivity contribution in [3.8, 4) is 5.75 Å². The lowest BCUT2D eigenvalue weighted by atomic mass is 10.0. The van der Waals surface area contributed by atoms with Crippen LogP contribution >= 0.6 is 0 Å². The number of aromatic carboxylic acids is 1. The first-order valence-electron chi connectivity index (χ1n) is 9.55. The van der Waals surface area contributed by atoms with E-state index in [1.165, 1.54) is 17.0 Å². The number of ether oxygens (including phenoxy) is 2. The lowest BCUT2D eigenvalue weighted by Crippen LogP contribution is -2.49. The van der Waals surface area contributed by atoms with Gasteiger partial charge in [-0.15, -0.1) is 13.2 Å². The Labute approximate surface area is 173 Å². The highest BCUT2D eigenvalue weighted by Gasteiger charge is 2.33. The van der Waals surface area contributed by atoms with E-state index in [1.807, 2.05) is 4.90 Å². The molecule has 1 fully saturated rings. The molecule has 1 aromatic carbocycles. The second-order valence-corrected chi connectivity index (χ2v) is 8.30. The number of halogens is 3. The van der Waals surface area contributed by atoms with Crippen molar-refractivity contribution in [3.63, 3.8) is 0 Å². The van der Waals surface area contributed by atoms with Crippen molar-refractivity contribution in [1.29, 1.82) is 0 Å². The molecule has 1 heterocycles. The molecule has 0 unspecified atom stereocenters. The van der Waals surface area contributed by atoms with Crippen molar-refractivity contribution < 1.29 is 37.3 Å². The number of carbonyl (C=O) groups is 2. The molecule has 1 N–H and O–H groups in total. The number of amides is 1. The van der Waals surface area contributed by atoms with Gasteiger partial charge < -0.3 is 19.5 Å². The largest absolute Gasteiger partial charge is 0.573 e. The molecule has 30 heavy (non-hydrogen) atoms. The van der Waals surface area contributed by atoms with Gasteiger partial charge >= 0.3 is 18.4 Å². The van der Waals surface area contributed by atoms with Crippen molar-refractivity contribution in [2.24, 2.45) is 0 Å². The van der Waals surface area contributed by atoms with Crippen molar-refractivity contribution in [2.75, 3.05) is 20.1 Å². The maximum atomic E-state index is 12.8. The SMILES string of the molecule is CN(C(=O)OC(C)(C)C)[C@H]1CCCN(Cc2ccc(C(=O)O)cc2OC(F)(F)F)C1. The van der Waals surface area contributed by atoms with E-state index in [-0.39, 0.29) is 23.7 Å². The third-order valence-corrected chi connectivity index (χ3v) is 4.64. The van der Waals surface area contributed by atoms with Gasteiger partial charge in [0, 0.05) is 31.7 Å². The Balaban J connectivity index is 2.13. The number of nitrogens with zero attached hydrogens (tertiary/aromatic N) is 2. The van der Waals surface area contributed by atoms with E-state index in [1.54, 1.807) is 27.8 Å². The molecule has 1 saturated heterocycles. The van der Waals surface area contributed by atoms with Crippen LogP contribution in [0.4, 0.5) is 18.0 Å². The van der Waals surface area contributed by atoms with Crippen LogP contribution in [0.1, 0.15) is 49.5 Å². The first kappa shape index (κ1) is 23.8. The Hall–Kier alpha value is -2.49. The highest BCUT2D eigenvalue weighted by Crippen LogP contribution is 2.30. The van der Waals surface area contributed by atoms with Crippen LogP contribution in [0.3, 0.4) is 0 Å². The number of hydrogen-bond acceptors (Lipinski definition) is 5. The molecule has 2 rings (SSSR count). The fraction of sp³-hybridized carbons (Fsp3) is 0.600. The number of rotatable bonds is 5. The van der Waals surface area contributed by atoms with E-state index >= 15 is 0 Å². The van der Waals surface area contributed by atoms with Gasteiger partial charge in [-0.2, -0.15) is 0 Å². The van der Waals surface area contributed by atoms with Gasteiger partial charge in [0.05, 0.1) is 5.56 Å². The summed E-state index contributed by atoms with van der Waals surface area (Å²) in [7, 11) is 1.64. The average molecular weight is 432 g/mol. The number of piperidine rings is 1. The number of benzene rings is 1. The molecular formula is C20H27F3N2O5. The Morgan fingerprint density at radius 3 is 2.50 bits per heavy atom. The standard InChI is InChI=1S/C20H27F3N2O5/c1-19(2,3)30-18(28)24(4)15-6-5-9-25(12-15)11-14-8-7-13(17(26)27)10-16(14)29-20(21,22)23/h7-8,10,15H,5-6,9,11-12H2,1-4H3,(H,26,27)/t15-/m0/s1. The number of carboxylic acids is 1. The molecular weight excluding hydrogens is 405 g/mol. The minimum Gasteiger partial charge on any atom is -0.478 e. The molecule has 0 aliphatic carbocycles. The molecule has 1 amide bonds. The predicted molar refractivity (Wildman–Crippen MR) is 102 cm³/mol. The average Bonchev–Trinajstić information content (AvgIpc) is 2.60. The van der Waals surface area contributed by atoms with Gasteiger partial charge in [-0.25, -0.2) is 9.59 Å². The van der Waals surface area contributed by atoms with Crippen LogP contribution in [0.5, 0.6) is 5.75 Å².